The van der Waals surface area contributed by atoms with E-state index in [0.29, 0.717) is 36.4 Å². The molecule has 4 nitrogen and oxygen atoms in total. The highest BCUT2D eigenvalue weighted by molar-refractivity contribution is 7.98. The van der Waals surface area contributed by atoms with Gasteiger partial charge < -0.3 is 10.0 Å². The van der Waals surface area contributed by atoms with Gasteiger partial charge in [-0.05, 0) is 43.2 Å². The molecule has 1 aromatic carbocycles. The van der Waals surface area contributed by atoms with Gasteiger partial charge in [-0.15, -0.1) is 11.8 Å². The van der Waals surface area contributed by atoms with Crippen LogP contribution in [0.1, 0.15) is 29.6 Å². The minimum absolute atomic E-state index is 0.112. The van der Waals surface area contributed by atoms with Crippen LogP contribution in [-0.4, -0.2) is 41.2 Å². The van der Waals surface area contributed by atoms with Crippen molar-refractivity contribution in [2.24, 2.45) is 5.92 Å². The maximum atomic E-state index is 13.4. The van der Waals surface area contributed by atoms with Crippen LogP contribution in [0.2, 0.25) is 0 Å². The van der Waals surface area contributed by atoms with Crippen LogP contribution >= 0.6 is 11.8 Å². The Balaban J connectivity index is 2.00. The molecule has 1 heterocycles. The molecule has 0 bridgehead atoms. The number of carbonyl (C=O) groups excluding carboxylic acids is 1. The van der Waals surface area contributed by atoms with E-state index in [9.17, 15) is 14.0 Å². The lowest BCUT2D eigenvalue weighted by molar-refractivity contribution is -0.138. The first-order chi connectivity index (χ1) is 10.0. The third-order valence-electron chi connectivity index (χ3n) is 3.76. The van der Waals surface area contributed by atoms with Crippen LogP contribution in [0, 0.1) is 11.7 Å². The molecule has 0 atom stereocenters. The van der Waals surface area contributed by atoms with Crippen molar-refractivity contribution in [1.82, 2.24) is 4.90 Å². The summed E-state index contributed by atoms with van der Waals surface area (Å²) in [5, 5.41) is 8.78. The Morgan fingerprint density at radius 2 is 2.05 bits per heavy atom. The van der Waals surface area contributed by atoms with Gasteiger partial charge in [0.05, 0.1) is 0 Å². The van der Waals surface area contributed by atoms with Gasteiger partial charge in [0, 0.05) is 30.0 Å². The number of carbonyl (C=O) groups is 2. The molecule has 1 N–H and O–H groups in total. The summed E-state index contributed by atoms with van der Waals surface area (Å²) < 4.78 is 13.4. The highest BCUT2D eigenvalue weighted by Gasteiger charge is 2.25. The summed E-state index contributed by atoms with van der Waals surface area (Å²) >= 11 is 1.27. The zero-order valence-corrected chi connectivity index (χ0v) is 12.7. The number of hydrogen-bond donors (Lipinski definition) is 1. The zero-order chi connectivity index (χ0) is 15.4. The van der Waals surface area contributed by atoms with E-state index in [2.05, 4.69) is 0 Å². The number of rotatable bonds is 4. The fourth-order valence-corrected chi connectivity index (χ4v) is 3.07. The zero-order valence-electron chi connectivity index (χ0n) is 11.8. The molecule has 21 heavy (non-hydrogen) atoms. The highest BCUT2D eigenvalue weighted by Crippen LogP contribution is 2.24. The largest absolute Gasteiger partial charge is 0.481 e. The third kappa shape index (κ3) is 3.97. The molecule has 1 amide bonds. The van der Waals surface area contributed by atoms with Crippen molar-refractivity contribution < 1.29 is 19.1 Å². The number of carboxylic acids is 1. The number of benzene rings is 1. The lowest BCUT2D eigenvalue weighted by Crippen LogP contribution is -2.38. The van der Waals surface area contributed by atoms with E-state index in [1.165, 1.54) is 23.9 Å². The summed E-state index contributed by atoms with van der Waals surface area (Å²) in [5.74, 6) is -1.08. The van der Waals surface area contributed by atoms with Crippen molar-refractivity contribution in [3.63, 3.8) is 0 Å². The van der Waals surface area contributed by atoms with Crippen LogP contribution < -0.4 is 0 Å². The SMILES string of the molecule is CSc1cc(C(=O)N2CCC(CC(=O)O)CC2)ccc1F. The first kappa shape index (κ1) is 15.8. The molecule has 1 fully saturated rings. The average Bonchev–Trinajstić information content (AvgIpc) is 2.47. The average molecular weight is 311 g/mol. The Morgan fingerprint density at radius 3 is 2.62 bits per heavy atom. The molecule has 1 aliphatic rings. The van der Waals surface area contributed by atoms with Crippen LogP contribution in [0.25, 0.3) is 0 Å². The number of halogens is 1. The molecule has 0 aliphatic carbocycles. The number of hydrogen-bond acceptors (Lipinski definition) is 3. The van der Waals surface area contributed by atoms with Gasteiger partial charge >= 0.3 is 5.97 Å². The molecular formula is C15H18FNO3S. The number of nitrogens with zero attached hydrogens (tertiary/aromatic N) is 1. The Kier molecular flexibility index (Phi) is 5.22. The molecule has 1 saturated heterocycles. The second kappa shape index (κ2) is 6.93. The molecule has 0 radical (unpaired) electrons. The van der Waals surface area contributed by atoms with Gasteiger partial charge in [-0.25, -0.2) is 4.39 Å². The van der Waals surface area contributed by atoms with Gasteiger partial charge in [-0.2, -0.15) is 0 Å². The van der Waals surface area contributed by atoms with Gasteiger partial charge in [-0.1, -0.05) is 0 Å². The predicted molar refractivity (Wildman–Crippen MR) is 79.1 cm³/mol. The molecule has 2 rings (SSSR count). The van der Waals surface area contributed by atoms with Gasteiger partial charge in [0.15, 0.2) is 0 Å². The molecule has 0 aromatic heterocycles. The highest BCUT2D eigenvalue weighted by atomic mass is 32.2. The number of amides is 1. The lowest BCUT2D eigenvalue weighted by Gasteiger charge is -2.31. The first-order valence-electron chi connectivity index (χ1n) is 6.86. The van der Waals surface area contributed by atoms with Gasteiger partial charge in [0.1, 0.15) is 5.82 Å². The number of carboxylic acid groups (broad SMARTS) is 1. The van der Waals surface area contributed by atoms with Crippen molar-refractivity contribution in [3.8, 4) is 0 Å². The van der Waals surface area contributed by atoms with Crippen LogP contribution in [0.3, 0.4) is 0 Å². The number of aliphatic carboxylic acids is 1. The number of thioether (sulfide) groups is 1. The normalized spacial score (nSPS) is 16.0. The number of piperidine rings is 1. The van der Waals surface area contributed by atoms with E-state index in [4.69, 9.17) is 5.11 Å². The second-order valence-electron chi connectivity index (χ2n) is 5.18. The van der Waals surface area contributed by atoms with Crippen molar-refractivity contribution in [2.75, 3.05) is 19.3 Å². The summed E-state index contributed by atoms with van der Waals surface area (Å²) in [6.45, 7) is 1.12. The Morgan fingerprint density at radius 1 is 1.38 bits per heavy atom. The molecule has 1 aliphatic heterocycles. The van der Waals surface area contributed by atoms with E-state index < -0.39 is 5.97 Å². The van der Waals surface area contributed by atoms with E-state index in [1.807, 2.05) is 0 Å². The molecule has 0 spiro atoms. The molecule has 0 saturated carbocycles. The minimum Gasteiger partial charge on any atom is -0.481 e. The fraction of sp³-hybridized carbons (Fsp3) is 0.467. The number of likely N-dealkylation sites (tertiary alicyclic amines) is 1. The Labute approximate surface area is 127 Å². The Hall–Kier alpha value is -1.56. The van der Waals surface area contributed by atoms with Crippen LogP contribution in [0.15, 0.2) is 23.1 Å². The van der Waals surface area contributed by atoms with Gasteiger partial charge in [0.2, 0.25) is 0 Å². The van der Waals surface area contributed by atoms with Gasteiger partial charge in [-0.3, -0.25) is 9.59 Å². The third-order valence-corrected chi connectivity index (χ3v) is 4.52. The van der Waals surface area contributed by atoms with Crippen LogP contribution in [0.5, 0.6) is 0 Å². The topological polar surface area (TPSA) is 57.6 Å². The van der Waals surface area contributed by atoms with E-state index in [-0.39, 0.29) is 24.1 Å². The minimum atomic E-state index is -0.789. The van der Waals surface area contributed by atoms with Crippen molar-refractivity contribution in [2.45, 2.75) is 24.2 Å². The monoisotopic (exact) mass is 311 g/mol. The quantitative estimate of drug-likeness (QED) is 0.869. The van der Waals surface area contributed by atoms with E-state index in [1.54, 1.807) is 17.2 Å². The molecule has 114 valence electrons. The van der Waals surface area contributed by atoms with E-state index >= 15 is 0 Å². The van der Waals surface area contributed by atoms with Crippen LogP contribution in [-0.2, 0) is 4.79 Å². The summed E-state index contributed by atoms with van der Waals surface area (Å²) in [6, 6.07) is 4.39. The van der Waals surface area contributed by atoms with Crippen molar-refractivity contribution in [3.05, 3.63) is 29.6 Å². The van der Waals surface area contributed by atoms with Crippen molar-refractivity contribution >= 4 is 23.6 Å². The second-order valence-corrected chi connectivity index (χ2v) is 6.03. The predicted octanol–water partition coefficient (Wildman–Crippen LogP) is 2.87. The molecular weight excluding hydrogens is 293 g/mol. The van der Waals surface area contributed by atoms with Crippen LogP contribution in [0.4, 0.5) is 4.39 Å². The van der Waals surface area contributed by atoms with E-state index in [0.717, 1.165) is 0 Å². The molecule has 1 aromatic rings. The summed E-state index contributed by atoms with van der Waals surface area (Å²) in [4.78, 5) is 25.3. The standard InChI is InChI=1S/C15H18FNO3S/c1-21-13-9-11(2-3-12(13)16)15(20)17-6-4-10(5-7-17)8-14(18)19/h2-3,9-10H,4-8H2,1H3,(H,18,19). The molecule has 0 unspecified atom stereocenters. The summed E-state index contributed by atoms with van der Waals surface area (Å²) in [5.41, 5.74) is 0.484. The lowest BCUT2D eigenvalue weighted by atomic mass is 9.93. The summed E-state index contributed by atoms with van der Waals surface area (Å²) in [7, 11) is 0. The molecule has 6 heteroatoms. The maximum absolute atomic E-state index is 13.4. The van der Waals surface area contributed by atoms with Crippen molar-refractivity contribution in [1.29, 1.82) is 0 Å². The Bertz CT molecular complexity index is 542. The first-order valence-corrected chi connectivity index (χ1v) is 8.08. The summed E-state index contributed by atoms with van der Waals surface area (Å²) in [6.07, 6.45) is 3.34. The fourth-order valence-electron chi connectivity index (χ4n) is 2.56. The smallest absolute Gasteiger partial charge is 0.303 e. The van der Waals surface area contributed by atoms with Gasteiger partial charge in [0.25, 0.3) is 5.91 Å². The maximum Gasteiger partial charge on any atom is 0.303 e.